The van der Waals surface area contributed by atoms with Crippen LogP contribution in [0.2, 0.25) is 0 Å². The van der Waals surface area contributed by atoms with Gasteiger partial charge in [-0.25, -0.2) is 9.78 Å². The Kier molecular flexibility index (Phi) is 3.16. The molecule has 0 unspecified atom stereocenters. The van der Waals surface area contributed by atoms with E-state index in [1.54, 1.807) is 18.2 Å². The third-order valence-corrected chi connectivity index (χ3v) is 3.02. The smallest absolute Gasteiger partial charge is 0.358 e. The maximum Gasteiger partial charge on any atom is 0.358 e. The summed E-state index contributed by atoms with van der Waals surface area (Å²) in [6, 6.07) is 14.2. The fraction of sp³-hybridized carbons (Fsp3) is 0. The number of para-hydroxylation sites is 1. The minimum absolute atomic E-state index is 0.341. The Hall–Kier alpha value is -3.08. The molecule has 0 saturated carbocycles. The first-order valence-corrected chi connectivity index (χ1v) is 6.23. The van der Waals surface area contributed by atoms with Gasteiger partial charge in [0.05, 0.1) is 0 Å². The van der Waals surface area contributed by atoms with Crippen molar-refractivity contribution in [3.63, 3.8) is 0 Å². The fourth-order valence-corrected chi connectivity index (χ4v) is 2.03. The van der Waals surface area contributed by atoms with Crippen LogP contribution in [0.15, 0.2) is 54.7 Å². The van der Waals surface area contributed by atoms with Crippen molar-refractivity contribution >= 4 is 16.7 Å². The van der Waals surface area contributed by atoms with Gasteiger partial charge in [0.25, 0.3) is 0 Å². The van der Waals surface area contributed by atoms with Crippen LogP contribution < -0.4 is 4.74 Å². The second-order valence-electron chi connectivity index (χ2n) is 4.42. The van der Waals surface area contributed by atoms with Gasteiger partial charge in [0.1, 0.15) is 11.5 Å². The number of fused-ring (bicyclic) bond motifs is 1. The zero-order chi connectivity index (χ0) is 14.8. The second kappa shape index (κ2) is 5.13. The number of carbonyl (C=O) groups is 1. The Morgan fingerprint density at radius 3 is 2.52 bits per heavy atom. The van der Waals surface area contributed by atoms with Crippen molar-refractivity contribution < 1.29 is 19.7 Å². The van der Waals surface area contributed by atoms with Gasteiger partial charge in [-0.15, -0.1) is 0 Å². The molecule has 0 aliphatic rings. The molecule has 2 N–H and O–H groups in total. The first-order chi connectivity index (χ1) is 10.1. The third-order valence-electron chi connectivity index (χ3n) is 3.02. The van der Waals surface area contributed by atoms with E-state index in [-0.39, 0.29) is 11.4 Å². The highest BCUT2D eigenvalue weighted by Crippen LogP contribution is 2.31. The van der Waals surface area contributed by atoms with E-state index >= 15 is 0 Å². The summed E-state index contributed by atoms with van der Waals surface area (Å²) >= 11 is 0. The molecular weight excluding hydrogens is 270 g/mol. The predicted octanol–water partition coefficient (Wildman–Crippen LogP) is 3.43. The van der Waals surface area contributed by atoms with E-state index in [9.17, 15) is 9.90 Å². The summed E-state index contributed by atoms with van der Waals surface area (Å²) in [7, 11) is 0. The number of carboxylic acid groups (broad SMARTS) is 1. The van der Waals surface area contributed by atoms with Gasteiger partial charge in [-0.05, 0) is 30.3 Å². The molecule has 0 atom stereocenters. The van der Waals surface area contributed by atoms with Gasteiger partial charge in [0, 0.05) is 17.0 Å². The van der Waals surface area contributed by atoms with Crippen molar-refractivity contribution in [3.8, 4) is 17.2 Å². The van der Waals surface area contributed by atoms with Crippen LogP contribution in [-0.4, -0.2) is 21.2 Å². The monoisotopic (exact) mass is 281 g/mol. The molecule has 2 aromatic carbocycles. The zero-order valence-corrected chi connectivity index (χ0v) is 10.9. The summed E-state index contributed by atoms with van der Waals surface area (Å²) in [5.74, 6) is -0.334. The van der Waals surface area contributed by atoms with Crippen molar-refractivity contribution in [1.29, 1.82) is 0 Å². The molecule has 3 aromatic rings. The van der Waals surface area contributed by atoms with Crippen LogP contribution in [-0.2, 0) is 0 Å². The number of ether oxygens (including phenoxy) is 1. The number of aromatic hydroxyl groups is 1. The van der Waals surface area contributed by atoms with Crippen LogP contribution in [0.5, 0.6) is 17.2 Å². The van der Waals surface area contributed by atoms with Gasteiger partial charge in [0.15, 0.2) is 11.4 Å². The molecule has 0 radical (unpaired) electrons. The number of hydrogen-bond acceptors (Lipinski definition) is 4. The van der Waals surface area contributed by atoms with E-state index < -0.39 is 5.97 Å². The van der Waals surface area contributed by atoms with Crippen LogP contribution in [0, 0.1) is 0 Å². The maximum absolute atomic E-state index is 10.9. The molecule has 0 amide bonds. The van der Waals surface area contributed by atoms with E-state index in [0.29, 0.717) is 22.3 Å². The molecule has 21 heavy (non-hydrogen) atoms. The number of nitrogens with zero attached hydrogens (tertiary/aromatic N) is 1. The quantitative estimate of drug-likeness (QED) is 0.768. The lowest BCUT2D eigenvalue weighted by Gasteiger charge is -2.08. The van der Waals surface area contributed by atoms with Crippen LogP contribution in [0.3, 0.4) is 0 Å². The zero-order valence-electron chi connectivity index (χ0n) is 10.9. The molecule has 0 spiro atoms. The number of aromatic carboxylic acids is 1. The number of carboxylic acids is 1. The average Bonchev–Trinajstić information content (AvgIpc) is 2.48. The van der Waals surface area contributed by atoms with E-state index in [1.165, 1.54) is 6.20 Å². The van der Waals surface area contributed by atoms with Crippen molar-refractivity contribution in [1.82, 2.24) is 4.98 Å². The SMILES string of the molecule is O=C(O)c1ncc2cc(Oc3ccccc3)ccc2c1O. The van der Waals surface area contributed by atoms with Crippen molar-refractivity contribution in [3.05, 3.63) is 60.4 Å². The average molecular weight is 281 g/mol. The molecule has 0 saturated heterocycles. The van der Waals surface area contributed by atoms with Gasteiger partial charge in [0.2, 0.25) is 0 Å². The summed E-state index contributed by atoms with van der Waals surface area (Å²) in [5, 5.41) is 19.9. The first kappa shape index (κ1) is 12.9. The first-order valence-electron chi connectivity index (χ1n) is 6.23. The highest BCUT2D eigenvalue weighted by Gasteiger charge is 2.14. The summed E-state index contributed by atoms with van der Waals surface area (Å²) in [4.78, 5) is 14.7. The van der Waals surface area contributed by atoms with Gasteiger partial charge in [-0.3, -0.25) is 0 Å². The lowest BCUT2D eigenvalue weighted by atomic mass is 10.1. The second-order valence-corrected chi connectivity index (χ2v) is 4.42. The molecule has 0 aliphatic carbocycles. The molecule has 104 valence electrons. The molecule has 1 aromatic heterocycles. The summed E-state index contributed by atoms with van der Waals surface area (Å²) < 4.78 is 5.68. The Bertz CT molecular complexity index is 815. The Morgan fingerprint density at radius 2 is 1.81 bits per heavy atom. The minimum atomic E-state index is -1.26. The summed E-state index contributed by atoms with van der Waals surface area (Å²) in [6.45, 7) is 0. The largest absolute Gasteiger partial charge is 0.505 e. The topological polar surface area (TPSA) is 79.7 Å². The van der Waals surface area contributed by atoms with Gasteiger partial charge >= 0.3 is 5.97 Å². The third kappa shape index (κ3) is 2.49. The highest BCUT2D eigenvalue weighted by molar-refractivity contribution is 5.98. The van der Waals surface area contributed by atoms with Gasteiger partial charge in [-0.1, -0.05) is 18.2 Å². The molecule has 0 fully saturated rings. The Labute approximate surface area is 120 Å². The van der Waals surface area contributed by atoms with Crippen LogP contribution in [0.4, 0.5) is 0 Å². The standard InChI is InChI=1S/C16H11NO4/c18-15-13-7-6-12(21-11-4-2-1-3-5-11)8-10(13)9-17-14(15)16(19)20/h1-9,18H,(H,19,20). The fourth-order valence-electron chi connectivity index (χ4n) is 2.03. The van der Waals surface area contributed by atoms with Gasteiger partial charge < -0.3 is 14.9 Å². The molecule has 5 nitrogen and oxygen atoms in total. The normalized spacial score (nSPS) is 10.5. The molecule has 3 rings (SSSR count). The molecule has 0 aliphatic heterocycles. The van der Waals surface area contributed by atoms with E-state index in [2.05, 4.69) is 4.98 Å². The maximum atomic E-state index is 10.9. The number of hydrogen-bond donors (Lipinski definition) is 2. The van der Waals surface area contributed by atoms with E-state index in [0.717, 1.165) is 0 Å². The van der Waals surface area contributed by atoms with Crippen LogP contribution in [0.25, 0.3) is 10.8 Å². The number of rotatable bonds is 3. The summed E-state index contributed by atoms with van der Waals surface area (Å²) in [6.07, 6.45) is 1.40. The summed E-state index contributed by atoms with van der Waals surface area (Å²) in [5.41, 5.74) is -0.362. The molecular formula is C16H11NO4. The number of aromatic nitrogens is 1. The Balaban J connectivity index is 2.02. The van der Waals surface area contributed by atoms with E-state index in [1.807, 2.05) is 30.3 Å². The lowest BCUT2D eigenvalue weighted by Crippen LogP contribution is -2.00. The van der Waals surface area contributed by atoms with Gasteiger partial charge in [-0.2, -0.15) is 0 Å². The van der Waals surface area contributed by atoms with Crippen molar-refractivity contribution in [2.75, 3.05) is 0 Å². The molecule has 5 heteroatoms. The highest BCUT2D eigenvalue weighted by atomic mass is 16.5. The predicted molar refractivity (Wildman–Crippen MR) is 76.9 cm³/mol. The lowest BCUT2D eigenvalue weighted by molar-refractivity contribution is 0.0687. The van der Waals surface area contributed by atoms with E-state index in [4.69, 9.17) is 9.84 Å². The van der Waals surface area contributed by atoms with Crippen molar-refractivity contribution in [2.45, 2.75) is 0 Å². The number of benzene rings is 2. The number of pyridine rings is 1. The molecule has 0 bridgehead atoms. The Morgan fingerprint density at radius 1 is 1.05 bits per heavy atom. The van der Waals surface area contributed by atoms with Crippen LogP contribution >= 0.6 is 0 Å². The van der Waals surface area contributed by atoms with Crippen molar-refractivity contribution in [2.24, 2.45) is 0 Å². The van der Waals surface area contributed by atoms with Crippen LogP contribution in [0.1, 0.15) is 10.5 Å². The molecule has 1 heterocycles. The minimum Gasteiger partial charge on any atom is -0.505 e.